The molecule has 1 nitrogen and oxygen atoms in total. The van der Waals surface area contributed by atoms with Crippen LogP contribution in [-0.4, -0.2) is 4.98 Å². The van der Waals surface area contributed by atoms with Gasteiger partial charge in [0.2, 0.25) is 0 Å². The molecule has 96 valence electrons. The molecular weight excluding hydrogens is 242 g/mol. The van der Waals surface area contributed by atoms with Crippen molar-refractivity contribution in [3.05, 3.63) is 85.1 Å². The van der Waals surface area contributed by atoms with Crippen LogP contribution in [0.1, 0.15) is 5.56 Å². The molecule has 1 heterocycles. The summed E-state index contributed by atoms with van der Waals surface area (Å²) in [7, 11) is 0. The predicted octanol–water partition coefficient (Wildman–Crippen LogP) is 5.06. The first kappa shape index (κ1) is 12.4. The Morgan fingerprint density at radius 2 is 1.55 bits per heavy atom. The van der Waals surface area contributed by atoms with Crippen LogP contribution in [0.3, 0.4) is 0 Å². The van der Waals surface area contributed by atoms with Gasteiger partial charge >= 0.3 is 0 Å². The van der Waals surface area contributed by atoms with Crippen LogP contribution >= 0.6 is 0 Å². The van der Waals surface area contributed by atoms with Gasteiger partial charge in [0, 0.05) is 17.3 Å². The van der Waals surface area contributed by atoms with E-state index >= 15 is 0 Å². The van der Waals surface area contributed by atoms with Gasteiger partial charge < -0.3 is 0 Å². The first-order chi connectivity index (χ1) is 9.86. The molecule has 0 fully saturated rings. The van der Waals surface area contributed by atoms with Gasteiger partial charge in [-0.3, -0.25) is 4.98 Å². The maximum absolute atomic E-state index is 4.55. The second-order valence-electron chi connectivity index (χ2n) is 4.63. The summed E-state index contributed by atoms with van der Waals surface area (Å²) in [6.07, 6.45) is 3.78. The topological polar surface area (TPSA) is 12.9 Å². The largest absolute Gasteiger partial charge is 0.256 e. The van der Waals surface area contributed by atoms with Crippen molar-refractivity contribution < 1.29 is 0 Å². The summed E-state index contributed by atoms with van der Waals surface area (Å²) in [5.41, 5.74) is 5.53. The highest BCUT2D eigenvalue weighted by molar-refractivity contribution is 5.69. The van der Waals surface area contributed by atoms with E-state index < -0.39 is 0 Å². The lowest BCUT2D eigenvalue weighted by Crippen LogP contribution is -1.85. The van der Waals surface area contributed by atoms with Crippen LogP contribution in [0.25, 0.3) is 28.5 Å². The maximum atomic E-state index is 4.55. The monoisotopic (exact) mass is 257 g/mol. The molecule has 0 bridgehead atoms. The van der Waals surface area contributed by atoms with Crippen molar-refractivity contribution in [1.29, 1.82) is 0 Å². The van der Waals surface area contributed by atoms with Gasteiger partial charge in [-0.25, -0.2) is 0 Å². The smallest absolute Gasteiger partial charge is 0.0702 e. The average molecular weight is 257 g/mol. The van der Waals surface area contributed by atoms with E-state index in [2.05, 4.69) is 48.0 Å². The standard InChI is InChI=1S/C19H15N/c1-2-15-7-6-10-17(13-15)18-11-12-19(20-14-18)16-8-4-3-5-9-16/h2-14H,1H2. The highest BCUT2D eigenvalue weighted by atomic mass is 14.7. The molecule has 0 aliphatic rings. The van der Waals surface area contributed by atoms with Crippen LogP contribution in [0, 0.1) is 0 Å². The minimum atomic E-state index is 0.995. The Hall–Kier alpha value is -2.67. The van der Waals surface area contributed by atoms with E-state index in [-0.39, 0.29) is 0 Å². The molecule has 0 aliphatic heterocycles. The number of hydrogen-bond donors (Lipinski definition) is 0. The zero-order chi connectivity index (χ0) is 13.8. The molecule has 0 saturated carbocycles. The molecule has 0 N–H and O–H groups in total. The summed E-state index contributed by atoms with van der Waals surface area (Å²) in [4.78, 5) is 4.55. The Labute approximate surface area is 119 Å². The molecule has 0 unspecified atom stereocenters. The van der Waals surface area contributed by atoms with E-state index in [4.69, 9.17) is 0 Å². The van der Waals surface area contributed by atoms with Gasteiger partial charge in [0.1, 0.15) is 0 Å². The molecule has 0 spiro atoms. The third-order valence-electron chi connectivity index (χ3n) is 3.29. The zero-order valence-electron chi connectivity index (χ0n) is 11.2. The maximum Gasteiger partial charge on any atom is 0.0702 e. The average Bonchev–Trinajstić information content (AvgIpc) is 2.56. The van der Waals surface area contributed by atoms with E-state index in [0.717, 1.165) is 27.9 Å². The number of benzene rings is 2. The van der Waals surface area contributed by atoms with Crippen molar-refractivity contribution in [2.45, 2.75) is 0 Å². The molecule has 3 rings (SSSR count). The fourth-order valence-corrected chi connectivity index (χ4v) is 2.19. The summed E-state index contributed by atoms with van der Waals surface area (Å²) in [6, 6.07) is 22.7. The summed E-state index contributed by atoms with van der Waals surface area (Å²) < 4.78 is 0. The lowest BCUT2D eigenvalue weighted by Gasteiger charge is -2.05. The van der Waals surface area contributed by atoms with E-state index in [1.807, 2.05) is 42.6 Å². The summed E-state index contributed by atoms with van der Waals surface area (Å²) >= 11 is 0. The Morgan fingerprint density at radius 1 is 0.750 bits per heavy atom. The van der Waals surface area contributed by atoms with Crippen molar-refractivity contribution in [3.63, 3.8) is 0 Å². The number of aromatic nitrogens is 1. The van der Waals surface area contributed by atoms with Crippen LogP contribution < -0.4 is 0 Å². The van der Waals surface area contributed by atoms with Crippen LogP contribution in [0.2, 0.25) is 0 Å². The van der Waals surface area contributed by atoms with Crippen LogP contribution in [0.15, 0.2) is 79.5 Å². The molecule has 0 aliphatic carbocycles. The molecule has 20 heavy (non-hydrogen) atoms. The van der Waals surface area contributed by atoms with Crippen molar-refractivity contribution in [2.24, 2.45) is 0 Å². The normalized spacial score (nSPS) is 10.2. The molecule has 1 aromatic heterocycles. The van der Waals surface area contributed by atoms with Crippen LogP contribution in [-0.2, 0) is 0 Å². The quantitative estimate of drug-likeness (QED) is 0.639. The van der Waals surface area contributed by atoms with Crippen molar-refractivity contribution in [1.82, 2.24) is 4.98 Å². The fourth-order valence-electron chi connectivity index (χ4n) is 2.19. The van der Waals surface area contributed by atoms with Crippen LogP contribution in [0.5, 0.6) is 0 Å². The van der Waals surface area contributed by atoms with Gasteiger partial charge in [0.05, 0.1) is 5.69 Å². The number of nitrogens with zero attached hydrogens (tertiary/aromatic N) is 1. The Kier molecular flexibility index (Phi) is 3.42. The Balaban J connectivity index is 1.95. The number of hydrogen-bond acceptors (Lipinski definition) is 1. The molecule has 0 atom stereocenters. The van der Waals surface area contributed by atoms with Gasteiger partial charge in [0.15, 0.2) is 0 Å². The summed E-state index contributed by atoms with van der Waals surface area (Å²) in [5, 5.41) is 0. The van der Waals surface area contributed by atoms with E-state index in [1.165, 1.54) is 0 Å². The van der Waals surface area contributed by atoms with Crippen molar-refractivity contribution >= 4 is 6.08 Å². The van der Waals surface area contributed by atoms with Crippen LogP contribution in [0.4, 0.5) is 0 Å². The third kappa shape index (κ3) is 2.52. The number of pyridine rings is 1. The van der Waals surface area contributed by atoms with E-state index in [9.17, 15) is 0 Å². The van der Waals surface area contributed by atoms with Gasteiger partial charge in [-0.05, 0) is 23.3 Å². The molecule has 1 heteroatoms. The highest BCUT2D eigenvalue weighted by Gasteiger charge is 2.01. The van der Waals surface area contributed by atoms with Gasteiger partial charge in [-0.1, -0.05) is 67.3 Å². The molecule has 0 radical (unpaired) electrons. The van der Waals surface area contributed by atoms with Crippen molar-refractivity contribution in [2.75, 3.05) is 0 Å². The highest BCUT2D eigenvalue weighted by Crippen LogP contribution is 2.23. The van der Waals surface area contributed by atoms with Crippen molar-refractivity contribution in [3.8, 4) is 22.4 Å². The lowest BCUT2D eigenvalue weighted by molar-refractivity contribution is 1.32. The molecular formula is C19H15N. The first-order valence-electron chi connectivity index (χ1n) is 6.61. The van der Waals surface area contributed by atoms with Gasteiger partial charge in [0.25, 0.3) is 0 Å². The minimum Gasteiger partial charge on any atom is -0.256 e. The third-order valence-corrected chi connectivity index (χ3v) is 3.29. The Bertz CT molecular complexity index is 712. The zero-order valence-corrected chi connectivity index (χ0v) is 11.2. The SMILES string of the molecule is C=Cc1cccc(-c2ccc(-c3ccccc3)nc2)c1. The number of rotatable bonds is 3. The fraction of sp³-hybridized carbons (Fsp3) is 0. The molecule has 2 aromatic carbocycles. The van der Waals surface area contributed by atoms with E-state index in [1.54, 1.807) is 0 Å². The molecule has 3 aromatic rings. The van der Waals surface area contributed by atoms with E-state index in [0.29, 0.717) is 0 Å². The van der Waals surface area contributed by atoms with Gasteiger partial charge in [-0.15, -0.1) is 0 Å². The van der Waals surface area contributed by atoms with Gasteiger partial charge in [-0.2, -0.15) is 0 Å². The Morgan fingerprint density at radius 3 is 2.25 bits per heavy atom. The molecule has 0 saturated heterocycles. The summed E-state index contributed by atoms with van der Waals surface area (Å²) in [6.45, 7) is 3.80. The second-order valence-corrected chi connectivity index (χ2v) is 4.63. The minimum absolute atomic E-state index is 0.995. The first-order valence-corrected chi connectivity index (χ1v) is 6.61. The second kappa shape index (κ2) is 5.54. The summed E-state index contributed by atoms with van der Waals surface area (Å²) in [5.74, 6) is 0. The lowest BCUT2D eigenvalue weighted by atomic mass is 10.0. The molecule has 0 amide bonds. The predicted molar refractivity (Wildman–Crippen MR) is 85.2 cm³/mol.